The molecule has 6 heteroatoms. The summed E-state index contributed by atoms with van der Waals surface area (Å²) in [6, 6.07) is 9.88. The number of likely N-dealkylation sites (tertiary alicyclic amines) is 1. The van der Waals surface area contributed by atoms with Gasteiger partial charge >= 0.3 is 0 Å². The predicted octanol–water partition coefficient (Wildman–Crippen LogP) is 2.89. The molecule has 0 unspecified atom stereocenters. The topological polar surface area (TPSA) is 67.2 Å². The Morgan fingerprint density at radius 3 is 2.48 bits per heavy atom. The number of hydrogen-bond donors (Lipinski definition) is 1. The van der Waals surface area contributed by atoms with Gasteiger partial charge in [-0.15, -0.1) is 0 Å². The maximum Gasteiger partial charge on any atom is 0.251 e. The van der Waals surface area contributed by atoms with Crippen molar-refractivity contribution in [3.63, 3.8) is 0 Å². The summed E-state index contributed by atoms with van der Waals surface area (Å²) in [5.74, 6) is 1.31. The highest BCUT2D eigenvalue weighted by Gasteiger charge is 2.34. The van der Waals surface area contributed by atoms with E-state index in [9.17, 15) is 9.59 Å². The zero-order valence-electron chi connectivity index (χ0n) is 16.9. The minimum absolute atomic E-state index is 0.0242. The molecule has 2 aromatic rings. The zero-order chi connectivity index (χ0) is 20.1. The third-order valence-electron chi connectivity index (χ3n) is 6.00. The molecule has 2 fully saturated rings. The van der Waals surface area contributed by atoms with Gasteiger partial charge in [0.15, 0.2) is 0 Å². The van der Waals surface area contributed by atoms with Gasteiger partial charge in [-0.05, 0) is 68.2 Å². The Hall–Kier alpha value is -2.63. The van der Waals surface area contributed by atoms with Crippen LogP contribution >= 0.6 is 0 Å². The third kappa shape index (κ3) is 5.46. The molecule has 29 heavy (non-hydrogen) atoms. The number of rotatable bonds is 8. The van der Waals surface area contributed by atoms with E-state index in [4.69, 9.17) is 0 Å². The zero-order valence-corrected chi connectivity index (χ0v) is 16.9. The van der Waals surface area contributed by atoms with E-state index < -0.39 is 0 Å². The van der Waals surface area contributed by atoms with E-state index in [1.54, 1.807) is 6.20 Å². The maximum atomic E-state index is 12.3. The minimum atomic E-state index is -0.0242. The second kappa shape index (κ2) is 9.25. The largest absolute Gasteiger partial charge is 0.352 e. The van der Waals surface area contributed by atoms with Crippen molar-refractivity contribution < 1.29 is 9.59 Å². The van der Waals surface area contributed by atoms with Crippen LogP contribution in [0.4, 0.5) is 0 Å². The predicted molar refractivity (Wildman–Crippen MR) is 111 cm³/mol. The quantitative estimate of drug-likeness (QED) is 0.700. The van der Waals surface area contributed by atoms with Crippen LogP contribution in [0.2, 0.25) is 0 Å². The highest BCUT2D eigenvalue weighted by molar-refractivity contribution is 5.94. The SMILES string of the molecule is O=C(NCCCn1cccn1)c1ccc(CC2CCN(C(=O)C3CC3)CC2)cc1. The van der Waals surface area contributed by atoms with Crippen molar-refractivity contribution in [1.29, 1.82) is 0 Å². The molecule has 2 heterocycles. The molecule has 1 saturated heterocycles. The molecule has 154 valence electrons. The van der Waals surface area contributed by atoms with Crippen molar-refractivity contribution in [2.45, 2.75) is 45.1 Å². The van der Waals surface area contributed by atoms with Crippen LogP contribution in [0, 0.1) is 11.8 Å². The maximum absolute atomic E-state index is 12.3. The number of carbonyl (C=O) groups excluding carboxylic acids is 2. The summed E-state index contributed by atoms with van der Waals surface area (Å²) >= 11 is 0. The molecule has 1 aromatic heterocycles. The number of nitrogens with one attached hydrogen (secondary N) is 1. The number of nitrogens with zero attached hydrogens (tertiary/aromatic N) is 3. The number of aryl methyl sites for hydroxylation is 1. The second-order valence-electron chi connectivity index (χ2n) is 8.32. The number of piperidine rings is 1. The number of amides is 2. The molecule has 0 atom stereocenters. The molecular formula is C23H30N4O2. The molecule has 1 aliphatic carbocycles. The van der Waals surface area contributed by atoms with Crippen LogP contribution in [-0.2, 0) is 17.8 Å². The van der Waals surface area contributed by atoms with E-state index in [-0.39, 0.29) is 5.91 Å². The van der Waals surface area contributed by atoms with Crippen LogP contribution in [0.25, 0.3) is 0 Å². The summed E-state index contributed by atoms with van der Waals surface area (Å²) in [6.45, 7) is 3.24. The van der Waals surface area contributed by atoms with Crippen LogP contribution < -0.4 is 5.32 Å². The Morgan fingerprint density at radius 1 is 1.07 bits per heavy atom. The van der Waals surface area contributed by atoms with Crippen molar-refractivity contribution in [3.05, 3.63) is 53.9 Å². The van der Waals surface area contributed by atoms with Gasteiger partial charge in [0.1, 0.15) is 0 Å². The first-order chi connectivity index (χ1) is 14.2. The van der Waals surface area contributed by atoms with Gasteiger partial charge in [0, 0.05) is 50.1 Å². The standard InChI is InChI=1S/C23H30N4O2/c28-22(24-11-1-13-27-14-2-12-25-27)20-5-3-18(4-6-20)17-19-9-15-26(16-10-19)23(29)21-7-8-21/h2-6,12,14,19,21H,1,7-11,13,15-17H2,(H,24,28). The summed E-state index contributed by atoms with van der Waals surface area (Å²) in [6.07, 6.45) is 9.90. The molecular weight excluding hydrogens is 364 g/mol. The average Bonchev–Trinajstić information content (AvgIpc) is 3.47. The molecule has 6 nitrogen and oxygen atoms in total. The van der Waals surface area contributed by atoms with E-state index in [0.717, 1.165) is 58.2 Å². The fraction of sp³-hybridized carbons (Fsp3) is 0.522. The highest BCUT2D eigenvalue weighted by atomic mass is 16.2. The lowest BCUT2D eigenvalue weighted by molar-refractivity contribution is -0.133. The summed E-state index contributed by atoms with van der Waals surface area (Å²) < 4.78 is 1.87. The van der Waals surface area contributed by atoms with Gasteiger partial charge in [0.2, 0.25) is 5.91 Å². The van der Waals surface area contributed by atoms with Gasteiger partial charge < -0.3 is 10.2 Å². The fourth-order valence-corrected chi connectivity index (χ4v) is 4.05. The molecule has 2 amide bonds. The first-order valence-electron chi connectivity index (χ1n) is 10.8. The van der Waals surface area contributed by atoms with E-state index in [2.05, 4.69) is 27.4 Å². The molecule has 1 N–H and O–H groups in total. The van der Waals surface area contributed by atoms with Gasteiger partial charge in [-0.1, -0.05) is 12.1 Å². The van der Waals surface area contributed by atoms with Crippen LogP contribution in [-0.4, -0.2) is 46.1 Å². The molecule has 0 spiro atoms. The lowest BCUT2D eigenvalue weighted by atomic mass is 9.89. The van der Waals surface area contributed by atoms with Crippen LogP contribution in [0.3, 0.4) is 0 Å². The lowest BCUT2D eigenvalue weighted by Crippen LogP contribution is -2.39. The Labute approximate surface area is 172 Å². The van der Waals surface area contributed by atoms with Gasteiger partial charge in [-0.25, -0.2) is 0 Å². The normalized spacial score (nSPS) is 17.3. The van der Waals surface area contributed by atoms with Crippen LogP contribution in [0.15, 0.2) is 42.7 Å². The van der Waals surface area contributed by atoms with E-state index >= 15 is 0 Å². The average molecular weight is 395 g/mol. The molecule has 1 aliphatic heterocycles. The number of hydrogen-bond acceptors (Lipinski definition) is 3. The molecule has 2 aliphatic rings. The smallest absolute Gasteiger partial charge is 0.251 e. The van der Waals surface area contributed by atoms with Crippen molar-refractivity contribution in [2.24, 2.45) is 11.8 Å². The Bertz CT molecular complexity index is 804. The van der Waals surface area contributed by atoms with E-state index in [1.165, 1.54) is 5.56 Å². The van der Waals surface area contributed by atoms with Crippen molar-refractivity contribution in [1.82, 2.24) is 20.0 Å². The minimum Gasteiger partial charge on any atom is -0.352 e. The number of carbonyl (C=O) groups is 2. The van der Waals surface area contributed by atoms with Gasteiger partial charge in [-0.3, -0.25) is 14.3 Å². The summed E-state index contributed by atoms with van der Waals surface area (Å²) in [7, 11) is 0. The van der Waals surface area contributed by atoms with Crippen molar-refractivity contribution in [2.75, 3.05) is 19.6 Å². The molecule has 0 radical (unpaired) electrons. The van der Waals surface area contributed by atoms with E-state index in [0.29, 0.717) is 29.9 Å². The summed E-state index contributed by atoms with van der Waals surface area (Å²) in [4.78, 5) is 26.5. The number of benzene rings is 1. The summed E-state index contributed by atoms with van der Waals surface area (Å²) in [5, 5.41) is 7.13. The first kappa shape index (κ1) is 19.7. The highest BCUT2D eigenvalue weighted by Crippen LogP contribution is 2.32. The molecule has 4 rings (SSSR count). The van der Waals surface area contributed by atoms with Crippen molar-refractivity contribution >= 4 is 11.8 Å². The molecule has 1 aromatic carbocycles. The van der Waals surface area contributed by atoms with Gasteiger partial charge in [0.25, 0.3) is 5.91 Å². The van der Waals surface area contributed by atoms with Crippen molar-refractivity contribution in [3.8, 4) is 0 Å². The first-order valence-corrected chi connectivity index (χ1v) is 10.8. The Kier molecular flexibility index (Phi) is 6.27. The summed E-state index contributed by atoms with van der Waals surface area (Å²) in [5.41, 5.74) is 1.98. The second-order valence-corrected chi connectivity index (χ2v) is 8.32. The monoisotopic (exact) mass is 394 g/mol. The fourth-order valence-electron chi connectivity index (χ4n) is 4.05. The van der Waals surface area contributed by atoms with Crippen LogP contribution in [0.1, 0.15) is 48.0 Å². The number of aromatic nitrogens is 2. The van der Waals surface area contributed by atoms with Gasteiger partial charge in [0.05, 0.1) is 0 Å². The Balaban J connectivity index is 1.17. The van der Waals surface area contributed by atoms with Gasteiger partial charge in [-0.2, -0.15) is 5.10 Å². The Morgan fingerprint density at radius 2 is 1.83 bits per heavy atom. The molecule has 0 bridgehead atoms. The van der Waals surface area contributed by atoms with Crippen LogP contribution in [0.5, 0.6) is 0 Å². The van der Waals surface area contributed by atoms with E-state index in [1.807, 2.05) is 29.1 Å². The molecule has 1 saturated carbocycles. The lowest BCUT2D eigenvalue weighted by Gasteiger charge is -2.32. The third-order valence-corrected chi connectivity index (χ3v) is 6.00.